The lowest BCUT2D eigenvalue weighted by Gasteiger charge is -2.51. The molecule has 1 N–H and O–H groups in total. The van der Waals surface area contributed by atoms with Crippen LogP contribution < -0.4 is 4.90 Å². The number of fused-ring (bicyclic) bond motifs is 1. The molecule has 6 heteroatoms. The molecule has 1 saturated carbocycles. The third kappa shape index (κ3) is 2.36. The van der Waals surface area contributed by atoms with Gasteiger partial charge in [0, 0.05) is 19.3 Å². The molecule has 1 saturated heterocycles. The first-order valence-electron chi connectivity index (χ1n) is 8.79. The average Bonchev–Trinajstić information content (AvgIpc) is 3.02. The lowest BCUT2D eigenvalue weighted by Crippen LogP contribution is -2.49. The molecule has 1 aliphatic heterocycles. The van der Waals surface area contributed by atoms with Crippen molar-refractivity contribution in [3.8, 4) is 0 Å². The molecule has 3 heterocycles. The lowest BCUT2D eigenvalue weighted by atomic mass is 9.57. The van der Waals surface area contributed by atoms with E-state index in [0.29, 0.717) is 5.41 Å². The fraction of sp³-hybridized carbons (Fsp3) is 0.611. The van der Waals surface area contributed by atoms with Crippen molar-refractivity contribution in [1.29, 1.82) is 0 Å². The van der Waals surface area contributed by atoms with Crippen LogP contribution in [0.4, 0.5) is 5.82 Å². The van der Waals surface area contributed by atoms with Crippen LogP contribution in [0, 0.1) is 11.3 Å². The monoisotopic (exact) mass is 328 g/mol. The number of rotatable bonds is 3. The van der Waals surface area contributed by atoms with Crippen molar-refractivity contribution in [2.75, 3.05) is 25.1 Å². The van der Waals surface area contributed by atoms with E-state index < -0.39 is 0 Å². The molecule has 24 heavy (non-hydrogen) atoms. The summed E-state index contributed by atoms with van der Waals surface area (Å²) < 4.78 is 4.87. The van der Waals surface area contributed by atoms with Crippen molar-refractivity contribution in [2.24, 2.45) is 11.3 Å². The van der Waals surface area contributed by atoms with E-state index in [4.69, 9.17) is 4.74 Å². The Balaban J connectivity index is 1.49. The van der Waals surface area contributed by atoms with Gasteiger partial charge in [0.05, 0.1) is 18.4 Å². The highest BCUT2D eigenvalue weighted by Crippen LogP contribution is 2.53. The Bertz CT molecular complexity index is 753. The molecular formula is C18H24N4O2. The van der Waals surface area contributed by atoms with Gasteiger partial charge in [-0.3, -0.25) is 4.79 Å². The van der Waals surface area contributed by atoms with Crippen LogP contribution >= 0.6 is 0 Å². The van der Waals surface area contributed by atoms with E-state index in [1.807, 2.05) is 6.20 Å². The van der Waals surface area contributed by atoms with E-state index in [0.717, 1.165) is 62.0 Å². The number of carbonyl (C=O) groups is 1. The molecule has 6 nitrogen and oxygen atoms in total. The van der Waals surface area contributed by atoms with Crippen molar-refractivity contribution in [2.45, 2.75) is 39.0 Å². The summed E-state index contributed by atoms with van der Waals surface area (Å²) in [7, 11) is 1.48. The molecule has 0 unspecified atom stereocenters. The maximum atomic E-state index is 11.6. The normalized spacial score (nSPS) is 20.3. The number of nitrogens with one attached hydrogen (secondary N) is 1. The first-order valence-corrected chi connectivity index (χ1v) is 8.79. The van der Waals surface area contributed by atoms with Gasteiger partial charge in [-0.1, -0.05) is 6.92 Å². The number of ether oxygens (including phenoxy) is 1. The van der Waals surface area contributed by atoms with Gasteiger partial charge < -0.3 is 14.6 Å². The minimum atomic E-state index is -0.0412. The van der Waals surface area contributed by atoms with Crippen LogP contribution in [-0.2, 0) is 16.0 Å². The number of methoxy groups -OCH3 is 1. The third-order valence-electron chi connectivity index (χ3n) is 5.93. The van der Waals surface area contributed by atoms with Crippen molar-refractivity contribution in [3.05, 3.63) is 18.1 Å². The zero-order valence-corrected chi connectivity index (χ0v) is 14.3. The van der Waals surface area contributed by atoms with Crippen LogP contribution in [0.15, 0.2) is 12.5 Å². The lowest BCUT2D eigenvalue weighted by molar-refractivity contribution is -0.154. The van der Waals surface area contributed by atoms with Crippen LogP contribution in [0.2, 0.25) is 0 Å². The van der Waals surface area contributed by atoms with Gasteiger partial charge in [-0.2, -0.15) is 0 Å². The first-order chi connectivity index (χ1) is 11.7. The third-order valence-corrected chi connectivity index (χ3v) is 5.93. The number of aryl methyl sites for hydroxylation is 1. The zero-order valence-electron chi connectivity index (χ0n) is 14.3. The first kappa shape index (κ1) is 15.4. The molecule has 2 aromatic heterocycles. The SMILES string of the molecule is CCc1c[nH]c2ncnc(N3CCC4(CC3)CC(C(=O)OC)C4)c12. The second-order valence-electron chi connectivity index (χ2n) is 7.20. The summed E-state index contributed by atoms with van der Waals surface area (Å²) in [4.78, 5) is 26.2. The minimum absolute atomic E-state index is 0.0412. The van der Waals surface area contributed by atoms with Gasteiger partial charge in [0.25, 0.3) is 0 Å². The van der Waals surface area contributed by atoms with E-state index in [1.54, 1.807) is 6.33 Å². The molecule has 0 aromatic carbocycles. The molecule has 0 radical (unpaired) electrons. The van der Waals surface area contributed by atoms with Gasteiger partial charge in [-0.15, -0.1) is 0 Å². The number of piperidine rings is 1. The standard InChI is InChI=1S/C18H24N4O2/c1-3-12-10-19-15-14(12)16(21-11-20-15)22-6-4-18(5-7-22)8-13(9-18)17(23)24-2/h10-11,13H,3-9H2,1-2H3,(H,19,20,21). The quantitative estimate of drug-likeness (QED) is 0.877. The second-order valence-corrected chi connectivity index (χ2v) is 7.20. The summed E-state index contributed by atoms with van der Waals surface area (Å²) in [6.45, 7) is 4.15. The Morgan fingerprint density at radius 1 is 1.38 bits per heavy atom. The van der Waals surface area contributed by atoms with Gasteiger partial charge in [0.1, 0.15) is 17.8 Å². The highest BCUT2D eigenvalue weighted by molar-refractivity contribution is 5.90. The largest absolute Gasteiger partial charge is 0.469 e. The molecule has 1 aliphatic carbocycles. The molecule has 1 spiro atoms. The van der Waals surface area contributed by atoms with Crippen molar-refractivity contribution in [3.63, 3.8) is 0 Å². The predicted molar refractivity (Wildman–Crippen MR) is 91.9 cm³/mol. The number of aromatic nitrogens is 3. The van der Waals surface area contributed by atoms with Crippen molar-refractivity contribution >= 4 is 22.8 Å². The molecular weight excluding hydrogens is 304 g/mol. The summed E-state index contributed by atoms with van der Waals surface area (Å²) in [5.41, 5.74) is 2.54. The molecule has 4 rings (SSSR count). The molecule has 128 valence electrons. The topological polar surface area (TPSA) is 71.1 Å². The summed E-state index contributed by atoms with van der Waals surface area (Å²) >= 11 is 0. The number of anilines is 1. The summed E-state index contributed by atoms with van der Waals surface area (Å²) in [6, 6.07) is 0. The van der Waals surface area contributed by atoms with Crippen LogP contribution in [0.5, 0.6) is 0 Å². The van der Waals surface area contributed by atoms with E-state index in [9.17, 15) is 4.79 Å². The smallest absolute Gasteiger partial charge is 0.308 e. The van der Waals surface area contributed by atoms with Gasteiger partial charge in [0.15, 0.2) is 0 Å². The number of hydrogen-bond acceptors (Lipinski definition) is 5. The average molecular weight is 328 g/mol. The fourth-order valence-electron chi connectivity index (χ4n) is 4.45. The maximum Gasteiger partial charge on any atom is 0.308 e. The molecule has 0 bridgehead atoms. The van der Waals surface area contributed by atoms with Gasteiger partial charge >= 0.3 is 5.97 Å². The maximum absolute atomic E-state index is 11.6. The molecule has 2 fully saturated rings. The zero-order chi connectivity index (χ0) is 16.7. The predicted octanol–water partition coefficient (Wildman–Crippen LogP) is 2.69. The highest BCUT2D eigenvalue weighted by atomic mass is 16.5. The Morgan fingerprint density at radius 3 is 2.79 bits per heavy atom. The van der Waals surface area contributed by atoms with Gasteiger partial charge in [-0.25, -0.2) is 9.97 Å². The molecule has 0 atom stereocenters. The number of H-pyrrole nitrogens is 1. The van der Waals surface area contributed by atoms with E-state index >= 15 is 0 Å². The van der Waals surface area contributed by atoms with Crippen molar-refractivity contribution < 1.29 is 9.53 Å². The number of esters is 1. The molecule has 2 aliphatic rings. The van der Waals surface area contributed by atoms with Gasteiger partial charge in [-0.05, 0) is 43.1 Å². The van der Waals surface area contributed by atoms with Crippen LogP contribution in [0.1, 0.15) is 38.2 Å². The summed E-state index contributed by atoms with van der Waals surface area (Å²) in [5, 5.41) is 1.16. The Morgan fingerprint density at radius 2 is 2.12 bits per heavy atom. The van der Waals surface area contributed by atoms with Gasteiger partial charge in [0.2, 0.25) is 0 Å². The number of aromatic amines is 1. The second kappa shape index (κ2) is 5.76. The Hall–Kier alpha value is -2.11. The van der Waals surface area contributed by atoms with Crippen molar-refractivity contribution in [1.82, 2.24) is 15.0 Å². The number of nitrogens with zero attached hydrogens (tertiary/aromatic N) is 3. The van der Waals surface area contributed by atoms with E-state index in [1.165, 1.54) is 12.7 Å². The molecule has 0 amide bonds. The summed E-state index contributed by atoms with van der Waals surface area (Å²) in [6.07, 6.45) is 8.87. The van der Waals surface area contributed by atoms with Crippen LogP contribution in [0.3, 0.4) is 0 Å². The Labute approximate surface area is 141 Å². The molecule has 2 aromatic rings. The van der Waals surface area contributed by atoms with E-state index in [-0.39, 0.29) is 11.9 Å². The number of carbonyl (C=O) groups excluding carboxylic acids is 1. The minimum Gasteiger partial charge on any atom is -0.469 e. The Kier molecular flexibility index (Phi) is 3.70. The van der Waals surface area contributed by atoms with Crippen LogP contribution in [-0.4, -0.2) is 41.1 Å². The summed E-state index contributed by atoms with van der Waals surface area (Å²) in [5.74, 6) is 1.13. The van der Waals surface area contributed by atoms with E-state index in [2.05, 4.69) is 26.8 Å². The van der Waals surface area contributed by atoms with Crippen LogP contribution in [0.25, 0.3) is 11.0 Å². The number of hydrogen-bond donors (Lipinski definition) is 1. The fourth-order valence-corrected chi connectivity index (χ4v) is 4.45. The highest BCUT2D eigenvalue weighted by Gasteiger charge is 2.49.